The summed E-state index contributed by atoms with van der Waals surface area (Å²) >= 11 is 5.91. The fraction of sp³-hybridized carbons (Fsp3) is 0.538. The minimum atomic E-state index is 0.339. The van der Waals surface area contributed by atoms with Crippen molar-refractivity contribution in [3.05, 3.63) is 34.9 Å². The maximum Gasteiger partial charge on any atom is 0.0406 e. The first-order chi connectivity index (χ1) is 7.09. The number of nitrogens with one attached hydrogen (secondary N) is 1. The molecule has 0 aliphatic carbocycles. The van der Waals surface area contributed by atoms with E-state index >= 15 is 0 Å². The number of benzene rings is 1. The fourth-order valence-corrected chi connectivity index (χ4v) is 2.61. The topological polar surface area (TPSA) is 12.0 Å². The highest BCUT2D eigenvalue weighted by Crippen LogP contribution is 2.39. The molecule has 15 heavy (non-hydrogen) atoms. The van der Waals surface area contributed by atoms with Gasteiger partial charge in [-0.2, -0.15) is 0 Å². The van der Waals surface area contributed by atoms with Crippen LogP contribution in [0.2, 0.25) is 5.02 Å². The van der Waals surface area contributed by atoms with Gasteiger partial charge in [-0.3, -0.25) is 0 Å². The molecule has 0 spiro atoms. The Hall–Kier alpha value is -0.530. The second-order valence-electron chi connectivity index (χ2n) is 5.06. The Balaban J connectivity index is 2.25. The summed E-state index contributed by atoms with van der Waals surface area (Å²) in [5.74, 6) is 0.649. The summed E-state index contributed by atoms with van der Waals surface area (Å²) in [6, 6.07) is 8.32. The molecule has 0 aromatic heterocycles. The first-order valence-corrected chi connectivity index (χ1v) is 5.93. The van der Waals surface area contributed by atoms with Gasteiger partial charge in [0.25, 0.3) is 0 Å². The molecule has 0 radical (unpaired) electrons. The average molecular weight is 224 g/mol. The summed E-state index contributed by atoms with van der Waals surface area (Å²) in [5.41, 5.74) is 1.76. The first kappa shape index (κ1) is 11.0. The van der Waals surface area contributed by atoms with Crippen molar-refractivity contribution in [2.45, 2.75) is 26.2 Å². The Kier molecular flexibility index (Phi) is 3.03. The van der Waals surface area contributed by atoms with E-state index in [1.165, 1.54) is 12.0 Å². The fourth-order valence-electron chi connectivity index (χ4n) is 2.48. The van der Waals surface area contributed by atoms with Gasteiger partial charge >= 0.3 is 0 Å². The van der Waals surface area contributed by atoms with Gasteiger partial charge in [0.1, 0.15) is 0 Å². The molecule has 1 atom stereocenters. The molecule has 1 aromatic carbocycles. The van der Waals surface area contributed by atoms with E-state index in [4.69, 9.17) is 11.6 Å². The first-order valence-electron chi connectivity index (χ1n) is 5.56. The third kappa shape index (κ3) is 2.35. The molecule has 0 amide bonds. The standard InChI is InChI=1S/C13H18ClN/c1-13(2)9-15-8-7-12(13)10-3-5-11(14)6-4-10/h3-6,12,15H,7-9H2,1-2H3. The van der Waals surface area contributed by atoms with Crippen molar-refractivity contribution in [3.8, 4) is 0 Å². The van der Waals surface area contributed by atoms with E-state index in [0.29, 0.717) is 11.3 Å². The Morgan fingerprint density at radius 3 is 2.53 bits per heavy atom. The second-order valence-corrected chi connectivity index (χ2v) is 5.49. The molecule has 1 aliphatic rings. The van der Waals surface area contributed by atoms with Crippen molar-refractivity contribution < 1.29 is 0 Å². The highest BCUT2D eigenvalue weighted by Gasteiger charge is 2.32. The van der Waals surface area contributed by atoms with Gasteiger partial charge in [-0.1, -0.05) is 37.6 Å². The predicted octanol–water partition coefficient (Wildman–Crippen LogP) is 3.44. The molecular weight excluding hydrogens is 206 g/mol. The smallest absolute Gasteiger partial charge is 0.0406 e. The van der Waals surface area contributed by atoms with Crippen LogP contribution in [0.4, 0.5) is 0 Å². The molecule has 1 aliphatic heterocycles. The summed E-state index contributed by atoms with van der Waals surface area (Å²) in [5, 5.41) is 4.28. The minimum Gasteiger partial charge on any atom is -0.316 e. The summed E-state index contributed by atoms with van der Waals surface area (Å²) in [7, 11) is 0. The number of hydrogen-bond donors (Lipinski definition) is 1. The van der Waals surface area contributed by atoms with Crippen molar-refractivity contribution in [2.75, 3.05) is 13.1 Å². The SMILES string of the molecule is CC1(C)CNCCC1c1ccc(Cl)cc1. The van der Waals surface area contributed by atoms with Gasteiger partial charge in [0.15, 0.2) is 0 Å². The Labute approximate surface area is 96.8 Å². The van der Waals surface area contributed by atoms with Crippen LogP contribution in [0.25, 0.3) is 0 Å². The molecule has 1 unspecified atom stereocenters. The van der Waals surface area contributed by atoms with Gasteiger partial charge in [-0.25, -0.2) is 0 Å². The molecule has 1 saturated heterocycles. The van der Waals surface area contributed by atoms with E-state index in [2.05, 4.69) is 31.3 Å². The predicted molar refractivity (Wildman–Crippen MR) is 65.5 cm³/mol. The van der Waals surface area contributed by atoms with Gasteiger partial charge in [-0.05, 0) is 42.0 Å². The summed E-state index contributed by atoms with van der Waals surface area (Å²) in [6.45, 7) is 6.88. The molecule has 82 valence electrons. The van der Waals surface area contributed by atoms with Crippen LogP contribution in [0.5, 0.6) is 0 Å². The van der Waals surface area contributed by atoms with Gasteiger partial charge < -0.3 is 5.32 Å². The Morgan fingerprint density at radius 2 is 1.93 bits per heavy atom. The van der Waals surface area contributed by atoms with Crippen LogP contribution in [0.3, 0.4) is 0 Å². The van der Waals surface area contributed by atoms with Crippen molar-refractivity contribution in [2.24, 2.45) is 5.41 Å². The second kappa shape index (κ2) is 4.15. The molecule has 2 rings (SSSR count). The average Bonchev–Trinajstić information content (AvgIpc) is 2.19. The minimum absolute atomic E-state index is 0.339. The van der Waals surface area contributed by atoms with Gasteiger partial charge in [0.05, 0.1) is 0 Å². The largest absolute Gasteiger partial charge is 0.316 e. The summed E-state index contributed by atoms with van der Waals surface area (Å²) in [4.78, 5) is 0. The van der Waals surface area contributed by atoms with E-state index < -0.39 is 0 Å². The van der Waals surface area contributed by atoms with Gasteiger partial charge in [0.2, 0.25) is 0 Å². The summed E-state index contributed by atoms with van der Waals surface area (Å²) in [6.07, 6.45) is 1.22. The van der Waals surface area contributed by atoms with Crippen molar-refractivity contribution >= 4 is 11.6 Å². The van der Waals surface area contributed by atoms with Crippen molar-refractivity contribution in [1.29, 1.82) is 0 Å². The van der Waals surface area contributed by atoms with Crippen molar-refractivity contribution in [1.82, 2.24) is 5.32 Å². The highest BCUT2D eigenvalue weighted by atomic mass is 35.5. The van der Waals surface area contributed by atoms with E-state index in [0.717, 1.165) is 18.1 Å². The Morgan fingerprint density at radius 1 is 1.27 bits per heavy atom. The number of rotatable bonds is 1. The number of halogens is 1. The van der Waals surface area contributed by atoms with Crippen LogP contribution in [-0.2, 0) is 0 Å². The third-order valence-electron chi connectivity index (χ3n) is 3.41. The zero-order valence-corrected chi connectivity index (χ0v) is 10.1. The third-order valence-corrected chi connectivity index (χ3v) is 3.66. The lowest BCUT2D eigenvalue weighted by Crippen LogP contribution is -2.41. The van der Waals surface area contributed by atoms with Gasteiger partial charge in [-0.15, -0.1) is 0 Å². The van der Waals surface area contributed by atoms with E-state index in [9.17, 15) is 0 Å². The summed E-state index contributed by atoms with van der Waals surface area (Å²) < 4.78 is 0. The van der Waals surface area contributed by atoms with E-state index in [1.54, 1.807) is 0 Å². The molecule has 1 N–H and O–H groups in total. The van der Waals surface area contributed by atoms with Crippen molar-refractivity contribution in [3.63, 3.8) is 0 Å². The van der Waals surface area contributed by atoms with E-state index in [1.807, 2.05) is 12.1 Å². The molecule has 1 fully saturated rings. The van der Waals surface area contributed by atoms with E-state index in [-0.39, 0.29) is 0 Å². The molecule has 1 aromatic rings. The van der Waals surface area contributed by atoms with Gasteiger partial charge in [0, 0.05) is 11.6 Å². The van der Waals surface area contributed by atoms with Crippen LogP contribution in [0.1, 0.15) is 31.7 Å². The molecular formula is C13H18ClN. The Bertz CT molecular complexity index is 329. The van der Waals surface area contributed by atoms with Crippen LogP contribution in [0.15, 0.2) is 24.3 Å². The number of piperidine rings is 1. The highest BCUT2D eigenvalue weighted by molar-refractivity contribution is 6.30. The quantitative estimate of drug-likeness (QED) is 0.769. The maximum atomic E-state index is 5.91. The molecule has 1 heterocycles. The monoisotopic (exact) mass is 223 g/mol. The number of hydrogen-bond acceptors (Lipinski definition) is 1. The van der Waals surface area contributed by atoms with Crippen LogP contribution in [0, 0.1) is 5.41 Å². The van der Waals surface area contributed by atoms with Crippen LogP contribution < -0.4 is 5.32 Å². The molecule has 1 nitrogen and oxygen atoms in total. The molecule has 0 bridgehead atoms. The van der Waals surface area contributed by atoms with Crippen LogP contribution >= 0.6 is 11.6 Å². The molecule has 0 saturated carbocycles. The maximum absolute atomic E-state index is 5.91. The normalized spacial score (nSPS) is 25.1. The zero-order chi connectivity index (χ0) is 10.9. The van der Waals surface area contributed by atoms with Crippen LogP contribution in [-0.4, -0.2) is 13.1 Å². The lowest BCUT2D eigenvalue weighted by atomic mass is 9.71. The zero-order valence-electron chi connectivity index (χ0n) is 9.39. The lowest BCUT2D eigenvalue weighted by Gasteiger charge is -2.39. The lowest BCUT2D eigenvalue weighted by molar-refractivity contribution is 0.219. The molecule has 2 heteroatoms.